The zero-order valence-electron chi connectivity index (χ0n) is 16.5. The van der Waals surface area contributed by atoms with Gasteiger partial charge in [-0.3, -0.25) is 4.90 Å². The van der Waals surface area contributed by atoms with Crippen LogP contribution < -0.4 is 9.47 Å². The minimum Gasteiger partial charge on any atom is -0.472 e. The molecule has 2 heterocycles. The normalized spacial score (nSPS) is 18.6. The second kappa shape index (κ2) is 10.4. The van der Waals surface area contributed by atoms with E-state index < -0.39 is 43.6 Å². The van der Waals surface area contributed by atoms with E-state index in [-0.39, 0.29) is 25.5 Å². The van der Waals surface area contributed by atoms with Crippen molar-refractivity contribution < 1.29 is 45.7 Å². The molecule has 0 bridgehead atoms. The second-order valence-electron chi connectivity index (χ2n) is 6.80. The Bertz CT molecular complexity index is 867. The Hall–Kier alpha value is -3.15. The monoisotopic (exact) mass is 462 g/mol. The topological polar surface area (TPSA) is 70.1 Å². The molecule has 2 aromatic rings. The van der Waals surface area contributed by atoms with Gasteiger partial charge < -0.3 is 18.9 Å². The Balaban J connectivity index is 1.60. The van der Waals surface area contributed by atoms with E-state index in [1.807, 2.05) is 0 Å². The zero-order valence-corrected chi connectivity index (χ0v) is 16.5. The van der Waals surface area contributed by atoms with Crippen LogP contribution in [0.25, 0.3) is 0 Å². The number of aromatic nitrogens is 1. The number of carbonyl (C=O) groups is 1. The summed E-state index contributed by atoms with van der Waals surface area (Å²) in [7, 11) is 0. The Morgan fingerprint density at radius 3 is 2.53 bits per heavy atom. The SMILES string of the molecule is O=C(OCc1ccccc1)N1C[C@@H](Oc2ccc(OC(F)(F)F)cn2)C[C@H]1COC(F)F. The number of benzene rings is 1. The average Bonchev–Trinajstić information content (AvgIpc) is 3.14. The van der Waals surface area contributed by atoms with E-state index in [9.17, 15) is 26.7 Å². The van der Waals surface area contributed by atoms with Gasteiger partial charge in [-0.1, -0.05) is 30.3 Å². The Morgan fingerprint density at radius 2 is 1.91 bits per heavy atom. The lowest BCUT2D eigenvalue weighted by Gasteiger charge is -2.23. The molecule has 12 heteroatoms. The number of halogens is 5. The van der Waals surface area contributed by atoms with Crippen LogP contribution >= 0.6 is 0 Å². The Labute approximate surface area is 179 Å². The minimum absolute atomic E-state index is 0.00658. The first-order valence-electron chi connectivity index (χ1n) is 9.45. The Morgan fingerprint density at radius 1 is 1.16 bits per heavy atom. The number of hydrogen-bond donors (Lipinski definition) is 0. The van der Waals surface area contributed by atoms with E-state index >= 15 is 0 Å². The summed E-state index contributed by atoms with van der Waals surface area (Å²) in [5.74, 6) is -0.539. The average molecular weight is 462 g/mol. The molecule has 1 aromatic carbocycles. The lowest BCUT2D eigenvalue weighted by Crippen LogP contribution is -2.39. The van der Waals surface area contributed by atoms with E-state index in [1.54, 1.807) is 30.3 Å². The molecule has 32 heavy (non-hydrogen) atoms. The molecule has 1 aromatic heterocycles. The van der Waals surface area contributed by atoms with Crippen molar-refractivity contribution >= 4 is 6.09 Å². The maximum atomic E-state index is 12.5. The first-order valence-corrected chi connectivity index (χ1v) is 9.45. The van der Waals surface area contributed by atoms with Gasteiger partial charge in [0.05, 0.1) is 25.4 Å². The number of rotatable bonds is 8. The van der Waals surface area contributed by atoms with Gasteiger partial charge in [0.1, 0.15) is 18.5 Å². The van der Waals surface area contributed by atoms with Gasteiger partial charge in [0.15, 0.2) is 0 Å². The summed E-state index contributed by atoms with van der Waals surface area (Å²) in [6.45, 7) is -3.47. The first kappa shape index (κ1) is 23.5. The quantitative estimate of drug-likeness (QED) is 0.543. The zero-order chi connectivity index (χ0) is 23.1. The van der Waals surface area contributed by atoms with Crippen molar-refractivity contribution in [2.45, 2.75) is 38.1 Å². The summed E-state index contributed by atoms with van der Waals surface area (Å²) in [5.41, 5.74) is 0.749. The third kappa shape index (κ3) is 7.22. The molecule has 1 aliphatic heterocycles. The second-order valence-corrected chi connectivity index (χ2v) is 6.80. The molecular formula is C20H19F5N2O5. The summed E-state index contributed by atoms with van der Waals surface area (Å²) in [6, 6.07) is 10.3. The van der Waals surface area contributed by atoms with Crippen molar-refractivity contribution in [3.05, 3.63) is 54.2 Å². The summed E-state index contributed by atoms with van der Waals surface area (Å²) in [5, 5.41) is 0. The van der Waals surface area contributed by atoms with Crippen LogP contribution in [0, 0.1) is 0 Å². The van der Waals surface area contributed by atoms with Gasteiger partial charge in [0, 0.05) is 12.5 Å². The van der Waals surface area contributed by atoms with Crippen molar-refractivity contribution in [3.63, 3.8) is 0 Å². The van der Waals surface area contributed by atoms with Crippen LogP contribution in [0.2, 0.25) is 0 Å². The third-order valence-corrected chi connectivity index (χ3v) is 4.46. The Kier molecular flexibility index (Phi) is 7.67. The number of alkyl halides is 5. The van der Waals surface area contributed by atoms with E-state index in [2.05, 4.69) is 14.5 Å². The lowest BCUT2D eigenvalue weighted by molar-refractivity contribution is -0.274. The molecule has 1 aliphatic rings. The van der Waals surface area contributed by atoms with Crippen molar-refractivity contribution in [2.75, 3.05) is 13.2 Å². The molecule has 0 spiro atoms. The first-order chi connectivity index (χ1) is 15.2. The van der Waals surface area contributed by atoms with Crippen molar-refractivity contribution in [1.82, 2.24) is 9.88 Å². The molecule has 1 saturated heterocycles. The lowest BCUT2D eigenvalue weighted by atomic mass is 10.2. The number of amides is 1. The fourth-order valence-corrected chi connectivity index (χ4v) is 3.13. The van der Waals surface area contributed by atoms with Crippen LogP contribution in [0.4, 0.5) is 26.7 Å². The van der Waals surface area contributed by atoms with Crippen LogP contribution in [0.1, 0.15) is 12.0 Å². The highest BCUT2D eigenvalue weighted by Crippen LogP contribution is 2.26. The predicted molar refractivity (Wildman–Crippen MR) is 99.0 cm³/mol. The summed E-state index contributed by atoms with van der Waals surface area (Å²) in [4.78, 5) is 17.5. The molecule has 3 rings (SSSR count). The number of ether oxygens (including phenoxy) is 4. The van der Waals surface area contributed by atoms with E-state index in [0.717, 1.165) is 17.8 Å². The summed E-state index contributed by atoms with van der Waals surface area (Å²) >= 11 is 0. The molecule has 7 nitrogen and oxygen atoms in total. The van der Waals surface area contributed by atoms with Gasteiger partial charge in [-0.05, 0) is 11.6 Å². The molecule has 1 amide bonds. The largest absolute Gasteiger partial charge is 0.573 e. The van der Waals surface area contributed by atoms with Gasteiger partial charge in [0.25, 0.3) is 0 Å². The van der Waals surface area contributed by atoms with Crippen molar-refractivity contribution in [1.29, 1.82) is 0 Å². The summed E-state index contributed by atoms with van der Waals surface area (Å²) in [6.07, 6.45) is -5.28. The number of likely N-dealkylation sites (tertiary alicyclic amines) is 1. The van der Waals surface area contributed by atoms with Crippen molar-refractivity contribution in [2.24, 2.45) is 0 Å². The smallest absolute Gasteiger partial charge is 0.472 e. The van der Waals surface area contributed by atoms with Gasteiger partial charge in [-0.25, -0.2) is 9.78 Å². The van der Waals surface area contributed by atoms with Crippen LogP contribution in [0.3, 0.4) is 0 Å². The van der Waals surface area contributed by atoms with Gasteiger partial charge in [-0.15, -0.1) is 13.2 Å². The maximum Gasteiger partial charge on any atom is 0.573 e. The number of hydrogen-bond acceptors (Lipinski definition) is 6. The molecule has 0 aliphatic carbocycles. The molecule has 174 valence electrons. The highest BCUT2D eigenvalue weighted by Gasteiger charge is 2.38. The van der Waals surface area contributed by atoms with Crippen LogP contribution in [0.5, 0.6) is 11.6 Å². The van der Waals surface area contributed by atoms with E-state index in [0.29, 0.717) is 0 Å². The van der Waals surface area contributed by atoms with Gasteiger partial charge >= 0.3 is 19.1 Å². The maximum absolute atomic E-state index is 12.5. The highest BCUT2D eigenvalue weighted by atomic mass is 19.4. The van der Waals surface area contributed by atoms with Crippen LogP contribution in [-0.2, 0) is 16.1 Å². The van der Waals surface area contributed by atoms with Crippen LogP contribution in [-0.4, -0.2) is 54.2 Å². The standard InChI is InChI=1S/C20H19F5N2O5/c21-18(22)29-12-14-8-16(31-17-7-6-15(9-26-17)32-20(23,24)25)10-27(14)19(28)30-11-13-4-2-1-3-5-13/h1-7,9,14,16,18H,8,10-12H2/t14-,16-/m0/s1. The fourth-order valence-electron chi connectivity index (χ4n) is 3.13. The molecule has 0 radical (unpaired) electrons. The third-order valence-electron chi connectivity index (χ3n) is 4.46. The number of nitrogens with zero attached hydrogens (tertiary/aromatic N) is 2. The van der Waals surface area contributed by atoms with E-state index in [1.165, 1.54) is 11.0 Å². The minimum atomic E-state index is -4.85. The van der Waals surface area contributed by atoms with Crippen LogP contribution in [0.15, 0.2) is 48.7 Å². The van der Waals surface area contributed by atoms with Crippen molar-refractivity contribution in [3.8, 4) is 11.6 Å². The molecule has 2 atom stereocenters. The molecule has 0 N–H and O–H groups in total. The highest BCUT2D eigenvalue weighted by molar-refractivity contribution is 5.68. The van der Waals surface area contributed by atoms with E-state index in [4.69, 9.17) is 9.47 Å². The van der Waals surface area contributed by atoms with Gasteiger partial charge in [0.2, 0.25) is 5.88 Å². The number of carbonyl (C=O) groups excluding carboxylic acids is 1. The predicted octanol–water partition coefficient (Wildman–Crippen LogP) is 4.38. The molecule has 0 unspecified atom stereocenters. The van der Waals surface area contributed by atoms with Gasteiger partial charge in [-0.2, -0.15) is 8.78 Å². The summed E-state index contributed by atoms with van der Waals surface area (Å²) < 4.78 is 80.6. The molecular weight excluding hydrogens is 443 g/mol. The number of pyridine rings is 1. The molecule has 0 saturated carbocycles. The fraction of sp³-hybridized carbons (Fsp3) is 0.400. The molecule has 1 fully saturated rings.